The van der Waals surface area contributed by atoms with Gasteiger partial charge in [-0.15, -0.1) is 0 Å². The van der Waals surface area contributed by atoms with Crippen molar-refractivity contribution in [3.8, 4) is 11.3 Å². The molecule has 1 saturated carbocycles. The normalized spacial score (nSPS) is 16.4. The number of rotatable bonds is 5. The number of carboxylic acids is 1. The van der Waals surface area contributed by atoms with Crippen molar-refractivity contribution in [3.05, 3.63) is 35.9 Å². The van der Waals surface area contributed by atoms with Crippen LogP contribution < -0.4 is 5.32 Å². The Morgan fingerprint density at radius 3 is 2.90 bits per heavy atom. The molecule has 0 aromatic carbocycles. The van der Waals surface area contributed by atoms with E-state index in [0.717, 1.165) is 12.8 Å². The summed E-state index contributed by atoms with van der Waals surface area (Å²) < 4.78 is 5.32. The van der Waals surface area contributed by atoms with E-state index in [4.69, 9.17) is 4.52 Å². The Labute approximate surface area is 122 Å². The Morgan fingerprint density at radius 2 is 2.33 bits per heavy atom. The van der Waals surface area contributed by atoms with Crippen LogP contribution in [0.3, 0.4) is 0 Å². The highest BCUT2D eigenvalue weighted by Gasteiger charge is 2.29. The zero-order valence-electron chi connectivity index (χ0n) is 11.7. The number of carbonyl (C=O) groups is 1. The van der Waals surface area contributed by atoms with E-state index in [0.29, 0.717) is 23.1 Å². The van der Waals surface area contributed by atoms with Gasteiger partial charge in [0.25, 0.3) is 0 Å². The number of hydrogen-bond donors (Lipinski definition) is 2. The Balaban J connectivity index is 1.94. The van der Waals surface area contributed by atoms with Gasteiger partial charge in [-0.1, -0.05) is 11.6 Å². The summed E-state index contributed by atoms with van der Waals surface area (Å²) in [5, 5.41) is 16.8. The molecule has 0 amide bonds. The first-order valence-electron chi connectivity index (χ1n) is 7.06. The fourth-order valence-electron chi connectivity index (χ4n) is 2.51. The van der Waals surface area contributed by atoms with Crippen LogP contribution in [0.1, 0.15) is 48.3 Å². The van der Waals surface area contributed by atoms with Crippen molar-refractivity contribution in [2.75, 3.05) is 0 Å². The summed E-state index contributed by atoms with van der Waals surface area (Å²) in [4.78, 5) is 15.6. The number of hydrogen-bond acceptors (Lipinski definition) is 5. The molecule has 1 atom stereocenters. The SMILES string of the molecule is C[C@@H](NC1CCC1)c1onc(-c2cccnc2)c1C(=O)O. The van der Waals surface area contributed by atoms with Crippen LogP contribution in [0, 0.1) is 0 Å². The first kappa shape index (κ1) is 13.8. The summed E-state index contributed by atoms with van der Waals surface area (Å²) in [6.07, 6.45) is 6.67. The largest absolute Gasteiger partial charge is 0.477 e. The van der Waals surface area contributed by atoms with Crippen molar-refractivity contribution in [1.82, 2.24) is 15.5 Å². The zero-order chi connectivity index (χ0) is 14.8. The van der Waals surface area contributed by atoms with Gasteiger partial charge in [0, 0.05) is 24.0 Å². The maximum Gasteiger partial charge on any atom is 0.341 e. The maximum absolute atomic E-state index is 11.6. The lowest BCUT2D eigenvalue weighted by atomic mass is 9.92. The second kappa shape index (κ2) is 5.65. The van der Waals surface area contributed by atoms with Crippen molar-refractivity contribution < 1.29 is 14.4 Å². The fourth-order valence-corrected chi connectivity index (χ4v) is 2.51. The van der Waals surface area contributed by atoms with Gasteiger partial charge >= 0.3 is 5.97 Å². The third-order valence-electron chi connectivity index (χ3n) is 3.85. The number of carboxylic acid groups (broad SMARTS) is 1. The first-order chi connectivity index (χ1) is 10.2. The lowest BCUT2D eigenvalue weighted by Gasteiger charge is -2.29. The summed E-state index contributed by atoms with van der Waals surface area (Å²) in [7, 11) is 0. The molecule has 0 aliphatic heterocycles. The van der Waals surface area contributed by atoms with Crippen molar-refractivity contribution in [3.63, 3.8) is 0 Å². The highest BCUT2D eigenvalue weighted by atomic mass is 16.5. The number of pyridine rings is 1. The molecular formula is C15H17N3O3. The number of aromatic carboxylic acids is 1. The smallest absolute Gasteiger partial charge is 0.341 e. The number of nitrogens with one attached hydrogen (secondary N) is 1. The highest BCUT2D eigenvalue weighted by molar-refractivity contribution is 5.95. The molecule has 0 saturated heterocycles. The van der Waals surface area contributed by atoms with Gasteiger partial charge in [0.2, 0.25) is 0 Å². The minimum absolute atomic E-state index is 0.113. The fraction of sp³-hybridized carbons (Fsp3) is 0.400. The van der Waals surface area contributed by atoms with Crippen LogP contribution in [0.5, 0.6) is 0 Å². The lowest BCUT2D eigenvalue weighted by Crippen LogP contribution is -2.37. The molecule has 6 heteroatoms. The van der Waals surface area contributed by atoms with Crippen LogP contribution in [0.25, 0.3) is 11.3 Å². The Bertz CT molecular complexity index is 635. The van der Waals surface area contributed by atoms with Gasteiger partial charge in [-0.2, -0.15) is 0 Å². The van der Waals surface area contributed by atoms with Crippen molar-refractivity contribution in [2.24, 2.45) is 0 Å². The summed E-state index contributed by atoms with van der Waals surface area (Å²) in [6.45, 7) is 1.90. The highest BCUT2D eigenvalue weighted by Crippen LogP contribution is 2.30. The third kappa shape index (κ3) is 2.67. The van der Waals surface area contributed by atoms with E-state index in [-0.39, 0.29) is 11.6 Å². The van der Waals surface area contributed by atoms with Gasteiger partial charge in [-0.25, -0.2) is 4.79 Å². The molecule has 21 heavy (non-hydrogen) atoms. The van der Waals surface area contributed by atoms with E-state index in [9.17, 15) is 9.90 Å². The second-order valence-corrected chi connectivity index (χ2v) is 5.33. The first-order valence-corrected chi connectivity index (χ1v) is 7.06. The second-order valence-electron chi connectivity index (χ2n) is 5.33. The topological polar surface area (TPSA) is 88.3 Å². The lowest BCUT2D eigenvalue weighted by molar-refractivity contribution is 0.0693. The molecule has 1 fully saturated rings. The predicted molar refractivity (Wildman–Crippen MR) is 75.9 cm³/mol. The average molecular weight is 287 g/mol. The Kier molecular flexibility index (Phi) is 3.70. The average Bonchev–Trinajstić information content (AvgIpc) is 2.88. The van der Waals surface area contributed by atoms with E-state index in [1.807, 2.05) is 6.92 Å². The summed E-state index contributed by atoms with van der Waals surface area (Å²) >= 11 is 0. The number of aromatic nitrogens is 2. The molecule has 6 nitrogen and oxygen atoms in total. The summed E-state index contributed by atoms with van der Waals surface area (Å²) in [6, 6.07) is 3.77. The summed E-state index contributed by atoms with van der Waals surface area (Å²) in [5.74, 6) is -0.666. The van der Waals surface area contributed by atoms with E-state index in [1.165, 1.54) is 6.42 Å². The zero-order valence-corrected chi connectivity index (χ0v) is 11.7. The van der Waals surface area contributed by atoms with Crippen LogP contribution in [0.4, 0.5) is 0 Å². The van der Waals surface area contributed by atoms with Crippen molar-refractivity contribution in [1.29, 1.82) is 0 Å². The van der Waals surface area contributed by atoms with E-state index in [1.54, 1.807) is 24.5 Å². The predicted octanol–water partition coefficient (Wildman–Crippen LogP) is 2.64. The van der Waals surface area contributed by atoms with Gasteiger partial charge in [-0.05, 0) is 31.9 Å². The molecule has 1 aliphatic carbocycles. The molecule has 1 aliphatic rings. The molecule has 2 heterocycles. The van der Waals surface area contributed by atoms with Crippen molar-refractivity contribution >= 4 is 5.97 Å². The van der Waals surface area contributed by atoms with Crippen LogP contribution in [-0.2, 0) is 0 Å². The minimum Gasteiger partial charge on any atom is -0.477 e. The standard InChI is InChI=1S/C15H17N3O3/c1-9(17-11-5-2-6-11)14-12(15(19)20)13(18-21-14)10-4-3-7-16-8-10/h3-4,7-9,11,17H,2,5-6H2,1H3,(H,19,20)/t9-/m1/s1. The molecule has 2 aromatic heterocycles. The van der Waals surface area contributed by atoms with Crippen LogP contribution in [-0.4, -0.2) is 27.3 Å². The van der Waals surface area contributed by atoms with E-state index < -0.39 is 5.97 Å². The van der Waals surface area contributed by atoms with Gasteiger partial charge < -0.3 is 14.9 Å². The minimum atomic E-state index is -1.03. The molecule has 2 N–H and O–H groups in total. The van der Waals surface area contributed by atoms with Crippen molar-refractivity contribution in [2.45, 2.75) is 38.3 Å². The molecule has 2 aromatic rings. The maximum atomic E-state index is 11.6. The molecule has 0 spiro atoms. The molecular weight excluding hydrogens is 270 g/mol. The van der Waals surface area contributed by atoms with Gasteiger partial charge in [0.1, 0.15) is 11.3 Å². The third-order valence-corrected chi connectivity index (χ3v) is 3.85. The van der Waals surface area contributed by atoms with Crippen LogP contribution in [0.2, 0.25) is 0 Å². The molecule has 0 unspecified atom stereocenters. The molecule has 110 valence electrons. The summed E-state index contributed by atoms with van der Waals surface area (Å²) in [5.41, 5.74) is 1.08. The molecule has 0 radical (unpaired) electrons. The molecule has 0 bridgehead atoms. The van der Waals surface area contributed by atoms with Gasteiger partial charge in [0.05, 0.1) is 6.04 Å². The number of nitrogens with zero attached hydrogens (tertiary/aromatic N) is 2. The monoisotopic (exact) mass is 287 g/mol. The molecule has 3 rings (SSSR count). The Morgan fingerprint density at radius 1 is 1.52 bits per heavy atom. The Hall–Kier alpha value is -2.21. The van der Waals surface area contributed by atoms with Gasteiger partial charge in [-0.3, -0.25) is 4.98 Å². The van der Waals surface area contributed by atoms with E-state index >= 15 is 0 Å². The van der Waals surface area contributed by atoms with Gasteiger partial charge in [0.15, 0.2) is 5.76 Å². The quantitative estimate of drug-likeness (QED) is 0.879. The van der Waals surface area contributed by atoms with Crippen LogP contribution >= 0.6 is 0 Å². The van der Waals surface area contributed by atoms with Crippen LogP contribution in [0.15, 0.2) is 29.0 Å². The van der Waals surface area contributed by atoms with E-state index in [2.05, 4.69) is 15.5 Å².